The minimum atomic E-state index is 0.0695. The summed E-state index contributed by atoms with van der Waals surface area (Å²) in [6.45, 7) is 0.800. The van der Waals surface area contributed by atoms with Crippen molar-refractivity contribution >= 4 is 5.69 Å². The highest BCUT2D eigenvalue weighted by Crippen LogP contribution is 2.17. The molecule has 0 aliphatic rings. The standard InChI is InChI=1S/C13H13N3O/c14-6-8-17-13-5-1-3-11(9-13)16-10-12-4-2-7-15-12/h1-5,7,9,15-16H,8,10H2. The van der Waals surface area contributed by atoms with E-state index in [9.17, 15) is 0 Å². The lowest BCUT2D eigenvalue weighted by molar-refractivity contribution is 0.368. The predicted molar refractivity (Wildman–Crippen MR) is 65.7 cm³/mol. The molecule has 17 heavy (non-hydrogen) atoms. The van der Waals surface area contributed by atoms with Crippen LogP contribution in [0.15, 0.2) is 42.6 Å². The van der Waals surface area contributed by atoms with Crippen molar-refractivity contribution in [1.82, 2.24) is 4.98 Å². The monoisotopic (exact) mass is 227 g/mol. The summed E-state index contributed by atoms with van der Waals surface area (Å²) in [5.41, 5.74) is 2.09. The van der Waals surface area contributed by atoms with Gasteiger partial charge in [-0.05, 0) is 24.3 Å². The number of nitrogens with one attached hydrogen (secondary N) is 2. The average Bonchev–Trinajstić information content (AvgIpc) is 2.87. The zero-order valence-electron chi connectivity index (χ0n) is 9.31. The normalized spacial score (nSPS) is 9.59. The van der Waals surface area contributed by atoms with E-state index in [0.717, 1.165) is 17.9 Å². The van der Waals surface area contributed by atoms with Gasteiger partial charge >= 0.3 is 0 Å². The number of aromatic amines is 1. The molecule has 1 aromatic carbocycles. The molecule has 0 radical (unpaired) electrons. The van der Waals surface area contributed by atoms with Crippen molar-refractivity contribution in [2.75, 3.05) is 11.9 Å². The Morgan fingerprint density at radius 2 is 2.24 bits per heavy atom. The van der Waals surface area contributed by atoms with Crippen LogP contribution in [-0.4, -0.2) is 11.6 Å². The van der Waals surface area contributed by atoms with Gasteiger partial charge in [0, 0.05) is 23.6 Å². The van der Waals surface area contributed by atoms with E-state index in [1.807, 2.05) is 48.7 Å². The molecule has 0 saturated carbocycles. The summed E-state index contributed by atoms with van der Waals surface area (Å²) in [7, 11) is 0. The first-order valence-electron chi connectivity index (χ1n) is 5.34. The molecule has 0 saturated heterocycles. The molecule has 1 aromatic heterocycles. The lowest BCUT2D eigenvalue weighted by Crippen LogP contribution is -2.00. The number of hydrogen-bond donors (Lipinski definition) is 2. The van der Waals surface area contributed by atoms with Gasteiger partial charge in [-0.3, -0.25) is 0 Å². The third-order valence-electron chi connectivity index (χ3n) is 2.28. The summed E-state index contributed by atoms with van der Waals surface area (Å²) in [4.78, 5) is 3.12. The maximum absolute atomic E-state index is 8.43. The van der Waals surface area contributed by atoms with Crippen LogP contribution < -0.4 is 10.1 Å². The Labute approximate surface area is 99.8 Å². The van der Waals surface area contributed by atoms with E-state index in [1.54, 1.807) is 0 Å². The minimum absolute atomic E-state index is 0.0695. The SMILES string of the molecule is N#CCOc1cccc(NCc2ccc[nH]2)c1. The van der Waals surface area contributed by atoms with Gasteiger partial charge < -0.3 is 15.0 Å². The lowest BCUT2D eigenvalue weighted by atomic mass is 10.3. The van der Waals surface area contributed by atoms with Gasteiger partial charge in [-0.25, -0.2) is 0 Å². The number of rotatable bonds is 5. The molecule has 1 heterocycles. The number of ether oxygens (including phenoxy) is 1. The van der Waals surface area contributed by atoms with Crippen molar-refractivity contribution in [3.8, 4) is 11.8 Å². The maximum Gasteiger partial charge on any atom is 0.174 e. The van der Waals surface area contributed by atoms with Crippen LogP contribution in [0.4, 0.5) is 5.69 Å². The summed E-state index contributed by atoms with van der Waals surface area (Å²) in [5.74, 6) is 0.697. The molecule has 0 amide bonds. The smallest absolute Gasteiger partial charge is 0.174 e. The Morgan fingerprint density at radius 3 is 3.00 bits per heavy atom. The third-order valence-corrected chi connectivity index (χ3v) is 2.28. The molecule has 2 rings (SSSR count). The van der Waals surface area contributed by atoms with Gasteiger partial charge in [-0.1, -0.05) is 6.07 Å². The maximum atomic E-state index is 8.43. The van der Waals surface area contributed by atoms with Crippen LogP contribution in [0.2, 0.25) is 0 Å². The van der Waals surface area contributed by atoms with Gasteiger partial charge in [0.05, 0.1) is 6.54 Å². The van der Waals surface area contributed by atoms with E-state index in [4.69, 9.17) is 10.00 Å². The van der Waals surface area contributed by atoms with Crippen molar-refractivity contribution < 1.29 is 4.74 Å². The van der Waals surface area contributed by atoms with Crippen molar-refractivity contribution in [1.29, 1.82) is 5.26 Å². The average molecular weight is 227 g/mol. The van der Waals surface area contributed by atoms with Crippen molar-refractivity contribution in [3.63, 3.8) is 0 Å². The molecule has 0 spiro atoms. The number of benzene rings is 1. The Morgan fingerprint density at radius 1 is 1.29 bits per heavy atom. The molecule has 0 bridgehead atoms. The van der Waals surface area contributed by atoms with Crippen molar-refractivity contribution in [2.24, 2.45) is 0 Å². The molecular formula is C13H13N3O. The highest BCUT2D eigenvalue weighted by Gasteiger charge is 1.97. The van der Waals surface area contributed by atoms with E-state index < -0.39 is 0 Å². The highest BCUT2D eigenvalue weighted by molar-refractivity contribution is 5.48. The molecule has 0 fully saturated rings. The van der Waals surface area contributed by atoms with Crippen LogP contribution in [0.25, 0.3) is 0 Å². The molecule has 2 N–H and O–H groups in total. The second-order valence-corrected chi connectivity index (χ2v) is 3.52. The number of hydrogen-bond acceptors (Lipinski definition) is 3. The predicted octanol–water partition coefficient (Wildman–Crippen LogP) is 2.53. The summed E-state index contributed by atoms with van der Waals surface area (Å²) >= 11 is 0. The number of nitriles is 1. The van der Waals surface area contributed by atoms with Gasteiger partial charge in [-0.2, -0.15) is 5.26 Å². The van der Waals surface area contributed by atoms with Crippen LogP contribution in [0.3, 0.4) is 0 Å². The largest absolute Gasteiger partial charge is 0.479 e. The van der Waals surface area contributed by atoms with Crippen molar-refractivity contribution in [3.05, 3.63) is 48.3 Å². The van der Waals surface area contributed by atoms with Crippen LogP contribution in [0.1, 0.15) is 5.69 Å². The number of nitrogens with zero attached hydrogens (tertiary/aromatic N) is 1. The highest BCUT2D eigenvalue weighted by atomic mass is 16.5. The minimum Gasteiger partial charge on any atom is -0.479 e. The van der Waals surface area contributed by atoms with Crippen LogP contribution in [0, 0.1) is 11.3 Å². The molecule has 0 unspecified atom stereocenters. The Balaban J connectivity index is 1.94. The first kappa shape index (κ1) is 11.1. The van der Waals surface area contributed by atoms with Gasteiger partial charge in [0.1, 0.15) is 11.8 Å². The fourth-order valence-corrected chi connectivity index (χ4v) is 1.49. The molecule has 0 aliphatic carbocycles. The Hall–Kier alpha value is -2.41. The molecule has 0 atom stereocenters. The molecule has 0 aliphatic heterocycles. The zero-order valence-corrected chi connectivity index (χ0v) is 9.31. The van der Waals surface area contributed by atoms with E-state index in [0.29, 0.717) is 5.75 Å². The second kappa shape index (κ2) is 5.61. The van der Waals surface area contributed by atoms with Gasteiger partial charge in [-0.15, -0.1) is 0 Å². The van der Waals surface area contributed by atoms with E-state index in [-0.39, 0.29) is 6.61 Å². The lowest BCUT2D eigenvalue weighted by Gasteiger charge is -2.07. The number of aromatic nitrogens is 1. The quantitative estimate of drug-likeness (QED) is 0.825. The van der Waals surface area contributed by atoms with Crippen LogP contribution >= 0.6 is 0 Å². The molecule has 4 nitrogen and oxygen atoms in total. The van der Waals surface area contributed by atoms with Crippen LogP contribution in [0.5, 0.6) is 5.75 Å². The third kappa shape index (κ3) is 3.28. The van der Waals surface area contributed by atoms with Gasteiger partial charge in [0.25, 0.3) is 0 Å². The number of anilines is 1. The van der Waals surface area contributed by atoms with E-state index >= 15 is 0 Å². The topological polar surface area (TPSA) is 60.8 Å². The van der Waals surface area contributed by atoms with E-state index in [1.165, 1.54) is 0 Å². The van der Waals surface area contributed by atoms with Crippen molar-refractivity contribution in [2.45, 2.75) is 6.54 Å². The fraction of sp³-hybridized carbons (Fsp3) is 0.154. The van der Waals surface area contributed by atoms with Gasteiger partial charge in [0.2, 0.25) is 0 Å². The molecule has 2 aromatic rings. The van der Waals surface area contributed by atoms with E-state index in [2.05, 4.69) is 10.3 Å². The summed E-state index contributed by atoms with van der Waals surface area (Å²) in [6.07, 6.45) is 1.89. The molecular weight excluding hydrogens is 214 g/mol. The number of H-pyrrole nitrogens is 1. The summed E-state index contributed by atoms with van der Waals surface area (Å²) in [6, 6.07) is 13.5. The molecule has 4 heteroatoms. The Bertz CT molecular complexity index is 500. The zero-order chi connectivity index (χ0) is 11.9. The Kier molecular flexibility index (Phi) is 3.66. The second-order valence-electron chi connectivity index (χ2n) is 3.52. The summed E-state index contributed by atoms with van der Waals surface area (Å²) < 4.78 is 5.22. The first-order valence-corrected chi connectivity index (χ1v) is 5.34. The van der Waals surface area contributed by atoms with Gasteiger partial charge in [0.15, 0.2) is 6.61 Å². The first-order chi connectivity index (χ1) is 8.38. The molecule has 86 valence electrons. The fourth-order valence-electron chi connectivity index (χ4n) is 1.49. The van der Waals surface area contributed by atoms with Crippen LogP contribution in [-0.2, 0) is 6.54 Å². The summed E-state index contributed by atoms with van der Waals surface area (Å²) in [5, 5.41) is 11.7.